The van der Waals surface area contributed by atoms with Crippen molar-refractivity contribution in [1.82, 2.24) is 24.1 Å². The number of hydrogen-bond donors (Lipinski definition) is 0. The van der Waals surface area contributed by atoms with E-state index in [-0.39, 0.29) is 0 Å². The Hall–Kier alpha value is -7.83. The second-order valence-electron chi connectivity index (χ2n) is 14.4. The van der Waals surface area contributed by atoms with Crippen molar-refractivity contribution < 1.29 is 4.42 Å². The molecule has 0 saturated carbocycles. The van der Waals surface area contributed by atoms with Crippen molar-refractivity contribution in [3.05, 3.63) is 188 Å². The van der Waals surface area contributed by atoms with Crippen LogP contribution < -0.4 is 0 Å². The molecule has 266 valence electrons. The molecule has 4 aromatic heterocycles. The Balaban J connectivity index is 1.16. The van der Waals surface area contributed by atoms with E-state index in [1.807, 2.05) is 12.1 Å². The molecule has 4 heterocycles. The van der Waals surface area contributed by atoms with Gasteiger partial charge in [-0.05, 0) is 64.7 Å². The van der Waals surface area contributed by atoms with Gasteiger partial charge in [-0.25, -0.2) is 0 Å². The number of fused-ring (bicyclic) bond motifs is 9. The van der Waals surface area contributed by atoms with E-state index in [1.165, 1.54) is 0 Å². The monoisotopic (exact) mass is 729 g/mol. The van der Waals surface area contributed by atoms with Crippen molar-refractivity contribution in [3.63, 3.8) is 0 Å². The summed E-state index contributed by atoms with van der Waals surface area (Å²) in [5.41, 5.74) is 11.1. The van der Waals surface area contributed by atoms with Gasteiger partial charge in [0.25, 0.3) is 0 Å². The average molecular weight is 730 g/mol. The summed E-state index contributed by atoms with van der Waals surface area (Å²) in [5.74, 6) is 1.66. The SMILES string of the molecule is c1ccc(-c2ccc3c4ccccc4n(-c4nc(-c5ccccc5-c5ccc6oc7ccccc7c6c5)nc(-n5c6ccccc6c6ccccc65)n4)c3c2)cc1. The molecule has 0 aliphatic carbocycles. The van der Waals surface area contributed by atoms with Crippen LogP contribution in [-0.2, 0) is 0 Å². The van der Waals surface area contributed by atoms with Crippen LogP contribution >= 0.6 is 0 Å². The molecule has 0 fully saturated rings. The van der Waals surface area contributed by atoms with Crippen LogP contribution in [0.1, 0.15) is 0 Å². The van der Waals surface area contributed by atoms with Crippen LogP contribution in [0, 0.1) is 0 Å². The number of hydrogen-bond acceptors (Lipinski definition) is 4. The maximum atomic E-state index is 6.21. The average Bonchev–Trinajstić information content (AvgIpc) is 3.94. The van der Waals surface area contributed by atoms with E-state index in [9.17, 15) is 0 Å². The third-order valence-electron chi connectivity index (χ3n) is 11.2. The molecule has 0 spiro atoms. The van der Waals surface area contributed by atoms with Crippen molar-refractivity contribution >= 4 is 65.6 Å². The summed E-state index contributed by atoms with van der Waals surface area (Å²) in [7, 11) is 0. The van der Waals surface area contributed by atoms with E-state index in [1.54, 1.807) is 0 Å². The number of furan rings is 1. The van der Waals surface area contributed by atoms with Gasteiger partial charge in [0.2, 0.25) is 11.9 Å². The Morgan fingerprint density at radius 1 is 0.316 bits per heavy atom. The Bertz CT molecular complexity index is 3490. The molecule has 6 heteroatoms. The van der Waals surface area contributed by atoms with Crippen LogP contribution in [-0.4, -0.2) is 24.1 Å². The topological polar surface area (TPSA) is 61.7 Å². The second kappa shape index (κ2) is 12.3. The van der Waals surface area contributed by atoms with Crippen molar-refractivity contribution in [1.29, 1.82) is 0 Å². The van der Waals surface area contributed by atoms with Crippen molar-refractivity contribution in [2.45, 2.75) is 0 Å². The molecule has 0 bridgehead atoms. The first-order chi connectivity index (χ1) is 28.3. The van der Waals surface area contributed by atoms with Gasteiger partial charge in [0.1, 0.15) is 11.2 Å². The zero-order valence-electron chi connectivity index (χ0n) is 30.5. The number of nitrogens with zero attached hydrogens (tertiary/aromatic N) is 5. The highest BCUT2D eigenvalue weighted by Gasteiger charge is 2.22. The second-order valence-corrected chi connectivity index (χ2v) is 14.4. The molecule has 12 aromatic rings. The van der Waals surface area contributed by atoms with Crippen molar-refractivity contribution in [2.75, 3.05) is 0 Å². The fourth-order valence-electron chi connectivity index (χ4n) is 8.63. The van der Waals surface area contributed by atoms with Gasteiger partial charge < -0.3 is 4.42 Å². The molecular formula is C51H31N5O. The van der Waals surface area contributed by atoms with Crippen LogP contribution in [0.5, 0.6) is 0 Å². The van der Waals surface area contributed by atoms with E-state index < -0.39 is 0 Å². The zero-order chi connectivity index (χ0) is 37.5. The Kier molecular flexibility index (Phi) is 6.83. The predicted molar refractivity (Wildman–Crippen MR) is 232 cm³/mol. The van der Waals surface area contributed by atoms with E-state index >= 15 is 0 Å². The third kappa shape index (κ3) is 4.87. The maximum absolute atomic E-state index is 6.21. The Labute approximate surface area is 326 Å². The van der Waals surface area contributed by atoms with Gasteiger partial charge in [0.15, 0.2) is 5.82 Å². The molecule has 0 aliphatic heterocycles. The largest absolute Gasteiger partial charge is 0.456 e. The minimum absolute atomic E-state index is 0.541. The minimum atomic E-state index is 0.541. The van der Waals surface area contributed by atoms with Gasteiger partial charge in [-0.2, -0.15) is 15.0 Å². The predicted octanol–water partition coefficient (Wildman–Crippen LogP) is 13.0. The molecule has 0 N–H and O–H groups in total. The molecule has 0 radical (unpaired) electrons. The Morgan fingerprint density at radius 2 is 0.825 bits per heavy atom. The highest BCUT2D eigenvalue weighted by Crippen LogP contribution is 2.39. The van der Waals surface area contributed by atoms with Crippen molar-refractivity contribution in [2.24, 2.45) is 0 Å². The standard InChI is InChI=1S/C51H31N5O/c1-2-14-32(15-3-1)33-26-28-39-38-19-8-12-24-45(38)56(46(39)31-33)51-53-49(52-50(54-51)55-43-22-10-6-17-36(43)37-18-7-11-23-44(37)55)41-21-5-4-16-35(41)34-27-29-48-42(30-34)40-20-9-13-25-47(40)57-48/h1-31H. The number of rotatable bonds is 5. The summed E-state index contributed by atoms with van der Waals surface area (Å²) in [5, 5.41) is 6.70. The summed E-state index contributed by atoms with van der Waals surface area (Å²) in [6.07, 6.45) is 0. The van der Waals surface area contributed by atoms with Gasteiger partial charge in [0.05, 0.1) is 22.1 Å². The Morgan fingerprint density at radius 3 is 1.51 bits per heavy atom. The van der Waals surface area contributed by atoms with E-state index in [0.29, 0.717) is 17.7 Å². The molecule has 6 nitrogen and oxygen atoms in total. The van der Waals surface area contributed by atoms with Crippen LogP contribution in [0.4, 0.5) is 0 Å². The summed E-state index contributed by atoms with van der Waals surface area (Å²) >= 11 is 0. The smallest absolute Gasteiger partial charge is 0.240 e. The van der Waals surface area contributed by atoms with Gasteiger partial charge in [-0.3, -0.25) is 9.13 Å². The highest BCUT2D eigenvalue weighted by molar-refractivity contribution is 6.11. The van der Waals surface area contributed by atoms with E-state index in [4.69, 9.17) is 19.4 Å². The normalized spacial score (nSPS) is 11.9. The van der Waals surface area contributed by atoms with Gasteiger partial charge in [-0.1, -0.05) is 146 Å². The van der Waals surface area contributed by atoms with Crippen LogP contribution in [0.25, 0.3) is 111 Å². The van der Waals surface area contributed by atoms with Crippen LogP contribution in [0.3, 0.4) is 0 Å². The first-order valence-electron chi connectivity index (χ1n) is 19.1. The lowest BCUT2D eigenvalue weighted by atomic mass is 9.97. The molecule has 0 unspecified atom stereocenters. The fourth-order valence-corrected chi connectivity index (χ4v) is 8.63. The van der Waals surface area contributed by atoms with Crippen LogP contribution in [0.15, 0.2) is 192 Å². The van der Waals surface area contributed by atoms with Crippen LogP contribution in [0.2, 0.25) is 0 Å². The lowest BCUT2D eigenvalue weighted by Crippen LogP contribution is -2.10. The van der Waals surface area contributed by atoms with Gasteiger partial charge in [0, 0.05) is 37.9 Å². The summed E-state index contributed by atoms with van der Waals surface area (Å²) in [4.78, 5) is 16.2. The van der Waals surface area contributed by atoms with Crippen molar-refractivity contribution in [3.8, 4) is 45.5 Å². The van der Waals surface area contributed by atoms with Gasteiger partial charge >= 0.3 is 0 Å². The fraction of sp³-hybridized carbons (Fsp3) is 0. The molecular weight excluding hydrogens is 699 g/mol. The first kappa shape index (κ1) is 31.5. The third-order valence-corrected chi connectivity index (χ3v) is 11.2. The molecule has 8 aromatic carbocycles. The van der Waals surface area contributed by atoms with Gasteiger partial charge in [-0.15, -0.1) is 0 Å². The summed E-state index contributed by atoms with van der Waals surface area (Å²) in [6, 6.07) is 65.6. The molecule has 0 aliphatic rings. The number of benzene rings is 8. The lowest BCUT2D eigenvalue weighted by molar-refractivity contribution is 0.669. The first-order valence-corrected chi connectivity index (χ1v) is 19.1. The van der Waals surface area contributed by atoms with E-state index in [2.05, 4.69) is 185 Å². The zero-order valence-corrected chi connectivity index (χ0v) is 30.5. The molecule has 0 amide bonds. The summed E-state index contributed by atoms with van der Waals surface area (Å²) in [6.45, 7) is 0. The minimum Gasteiger partial charge on any atom is -0.456 e. The molecule has 0 atom stereocenters. The highest BCUT2D eigenvalue weighted by atomic mass is 16.3. The molecule has 12 rings (SSSR count). The molecule has 57 heavy (non-hydrogen) atoms. The summed E-state index contributed by atoms with van der Waals surface area (Å²) < 4.78 is 10.6. The quantitative estimate of drug-likeness (QED) is 0.177. The lowest BCUT2D eigenvalue weighted by Gasteiger charge is -2.14. The van der Waals surface area contributed by atoms with E-state index in [0.717, 1.165) is 93.4 Å². The maximum Gasteiger partial charge on any atom is 0.240 e. The number of aromatic nitrogens is 5. The molecule has 0 saturated heterocycles. The number of para-hydroxylation sites is 4.